The molecule has 28 heavy (non-hydrogen) atoms. The summed E-state index contributed by atoms with van der Waals surface area (Å²) in [5, 5.41) is 14.7. The molecule has 0 spiro atoms. The van der Waals surface area contributed by atoms with Crippen LogP contribution >= 0.6 is 0 Å². The number of nitrogens with zero attached hydrogens (tertiary/aromatic N) is 3. The molecule has 1 aromatic carbocycles. The van der Waals surface area contributed by atoms with E-state index in [1.54, 1.807) is 6.20 Å². The van der Waals surface area contributed by atoms with E-state index in [1.807, 2.05) is 15.8 Å². The Labute approximate surface area is 158 Å². The number of rotatable bonds is 2. The number of hydrogen-bond donors (Lipinski definition) is 2. The molecule has 2 aliphatic heterocycles. The lowest BCUT2D eigenvalue weighted by Gasteiger charge is -2.27. The van der Waals surface area contributed by atoms with Gasteiger partial charge >= 0.3 is 12.1 Å². The van der Waals surface area contributed by atoms with Crippen LogP contribution < -0.4 is 5.32 Å². The first kappa shape index (κ1) is 19.9. The highest BCUT2D eigenvalue weighted by atomic mass is 19.4. The van der Waals surface area contributed by atoms with Gasteiger partial charge < -0.3 is 15.3 Å². The van der Waals surface area contributed by atoms with Gasteiger partial charge in [-0.1, -0.05) is 18.2 Å². The van der Waals surface area contributed by atoms with Gasteiger partial charge in [-0.3, -0.25) is 9.48 Å². The summed E-state index contributed by atoms with van der Waals surface area (Å²) in [4.78, 5) is 23.4. The minimum atomic E-state index is -5.08. The van der Waals surface area contributed by atoms with Gasteiger partial charge in [0, 0.05) is 32.4 Å². The van der Waals surface area contributed by atoms with Crippen molar-refractivity contribution in [2.75, 3.05) is 13.1 Å². The summed E-state index contributed by atoms with van der Waals surface area (Å²) in [5.74, 6) is -2.68. The second-order valence-electron chi connectivity index (χ2n) is 6.70. The van der Waals surface area contributed by atoms with Crippen LogP contribution in [0.4, 0.5) is 13.2 Å². The van der Waals surface area contributed by atoms with Crippen molar-refractivity contribution >= 4 is 11.9 Å². The standard InChI is InChI=1S/C16H18N4O.C2HF3O2/c1-11-3-2-4-12-8-19(10-15(11)12)16(21)13-5-18-20(9-13)14-6-17-7-14;3-2(4,5)1(6)7/h2-5,9,14,17H,6-8,10H2,1H3;(H,6,7). The molecule has 150 valence electrons. The van der Waals surface area contributed by atoms with Gasteiger partial charge in [0.1, 0.15) is 0 Å². The molecule has 0 bridgehead atoms. The molecule has 0 aliphatic carbocycles. The van der Waals surface area contributed by atoms with Gasteiger partial charge in [0.2, 0.25) is 0 Å². The van der Waals surface area contributed by atoms with Crippen molar-refractivity contribution in [1.29, 1.82) is 0 Å². The number of nitrogens with one attached hydrogen (secondary N) is 1. The van der Waals surface area contributed by atoms with Crippen LogP contribution in [0, 0.1) is 6.92 Å². The van der Waals surface area contributed by atoms with E-state index in [4.69, 9.17) is 9.90 Å². The zero-order valence-corrected chi connectivity index (χ0v) is 15.0. The normalized spacial score (nSPS) is 16.1. The molecule has 0 unspecified atom stereocenters. The largest absolute Gasteiger partial charge is 0.490 e. The van der Waals surface area contributed by atoms with E-state index in [2.05, 4.69) is 35.5 Å². The maximum absolute atomic E-state index is 12.6. The van der Waals surface area contributed by atoms with E-state index in [9.17, 15) is 18.0 Å². The quantitative estimate of drug-likeness (QED) is 0.812. The third-order valence-electron chi connectivity index (χ3n) is 4.73. The molecule has 1 saturated heterocycles. The minimum absolute atomic E-state index is 0.0733. The molecule has 2 N–H and O–H groups in total. The molecule has 1 aromatic heterocycles. The van der Waals surface area contributed by atoms with Crippen LogP contribution in [0.5, 0.6) is 0 Å². The minimum Gasteiger partial charge on any atom is -0.475 e. The van der Waals surface area contributed by atoms with Crippen molar-refractivity contribution in [3.63, 3.8) is 0 Å². The van der Waals surface area contributed by atoms with Crippen LogP contribution in [0.15, 0.2) is 30.6 Å². The second-order valence-corrected chi connectivity index (χ2v) is 6.70. The number of hydrogen-bond acceptors (Lipinski definition) is 4. The van der Waals surface area contributed by atoms with E-state index in [-0.39, 0.29) is 5.91 Å². The molecule has 4 rings (SSSR count). The van der Waals surface area contributed by atoms with Crippen LogP contribution in [0.2, 0.25) is 0 Å². The van der Waals surface area contributed by atoms with E-state index < -0.39 is 12.1 Å². The summed E-state index contributed by atoms with van der Waals surface area (Å²) in [6.07, 6.45) is -1.51. The Morgan fingerprint density at radius 1 is 1.25 bits per heavy atom. The number of fused-ring (bicyclic) bond motifs is 1. The van der Waals surface area contributed by atoms with Crippen molar-refractivity contribution in [2.45, 2.75) is 32.2 Å². The van der Waals surface area contributed by atoms with Crippen molar-refractivity contribution in [1.82, 2.24) is 20.0 Å². The number of carbonyl (C=O) groups excluding carboxylic acids is 1. The van der Waals surface area contributed by atoms with Crippen LogP contribution in [-0.4, -0.2) is 50.9 Å². The Morgan fingerprint density at radius 2 is 1.93 bits per heavy atom. The average Bonchev–Trinajstić information content (AvgIpc) is 3.20. The number of aromatic nitrogens is 2. The van der Waals surface area contributed by atoms with Gasteiger partial charge in [0.15, 0.2) is 0 Å². The highest BCUT2D eigenvalue weighted by Gasteiger charge is 2.38. The van der Waals surface area contributed by atoms with Crippen molar-refractivity contribution in [2.24, 2.45) is 0 Å². The fraction of sp³-hybridized carbons (Fsp3) is 0.389. The molecular formula is C18H19F3N4O3. The fourth-order valence-electron chi connectivity index (χ4n) is 3.02. The van der Waals surface area contributed by atoms with Gasteiger partial charge in [-0.15, -0.1) is 0 Å². The summed E-state index contributed by atoms with van der Waals surface area (Å²) in [6.45, 7) is 5.38. The number of alkyl halides is 3. The fourth-order valence-corrected chi connectivity index (χ4v) is 3.02. The monoisotopic (exact) mass is 396 g/mol. The molecule has 3 heterocycles. The summed E-state index contributed by atoms with van der Waals surface area (Å²) in [7, 11) is 0. The highest BCUT2D eigenvalue weighted by molar-refractivity contribution is 5.94. The van der Waals surface area contributed by atoms with Crippen LogP contribution in [0.1, 0.15) is 33.1 Å². The molecule has 10 heteroatoms. The number of carboxylic acid groups (broad SMARTS) is 1. The molecule has 2 aromatic rings. The summed E-state index contributed by atoms with van der Waals surface area (Å²) in [5.41, 5.74) is 4.51. The Hall–Kier alpha value is -2.88. The molecule has 7 nitrogen and oxygen atoms in total. The Bertz CT molecular complexity index is 890. The highest BCUT2D eigenvalue weighted by Crippen LogP contribution is 2.27. The number of halogens is 3. The number of aryl methyl sites for hydroxylation is 1. The Balaban J connectivity index is 0.000000279. The van der Waals surface area contributed by atoms with Gasteiger partial charge in [0.05, 0.1) is 17.8 Å². The number of carbonyl (C=O) groups is 2. The van der Waals surface area contributed by atoms with E-state index in [0.717, 1.165) is 13.1 Å². The topological polar surface area (TPSA) is 87.5 Å². The molecule has 1 fully saturated rings. The first-order valence-electron chi connectivity index (χ1n) is 8.58. The van der Waals surface area contributed by atoms with Crippen LogP contribution in [-0.2, 0) is 17.9 Å². The molecule has 0 radical (unpaired) electrons. The van der Waals surface area contributed by atoms with Gasteiger partial charge in [0.25, 0.3) is 5.91 Å². The zero-order valence-electron chi connectivity index (χ0n) is 15.0. The first-order chi connectivity index (χ1) is 13.2. The third-order valence-corrected chi connectivity index (χ3v) is 4.73. The molecule has 2 aliphatic rings. The van der Waals surface area contributed by atoms with Gasteiger partial charge in [-0.25, -0.2) is 4.79 Å². The first-order valence-corrected chi connectivity index (χ1v) is 8.58. The van der Waals surface area contributed by atoms with Crippen LogP contribution in [0.3, 0.4) is 0 Å². The smallest absolute Gasteiger partial charge is 0.475 e. The average molecular weight is 396 g/mol. The van der Waals surface area contributed by atoms with Crippen LogP contribution in [0.25, 0.3) is 0 Å². The summed E-state index contributed by atoms with van der Waals surface area (Å²) in [6, 6.07) is 6.67. The predicted molar refractivity (Wildman–Crippen MR) is 92.6 cm³/mol. The Kier molecular flexibility index (Phi) is 5.41. The molecule has 0 saturated carbocycles. The number of carboxylic acids is 1. The third kappa shape index (κ3) is 4.16. The predicted octanol–water partition coefficient (Wildman–Crippen LogP) is 2.13. The van der Waals surface area contributed by atoms with Crippen molar-refractivity contribution < 1.29 is 27.9 Å². The van der Waals surface area contributed by atoms with E-state index >= 15 is 0 Å². The molecule has 0 atom stereocenters. The van der Waals surface area contributed by atoms with Crippen molar-refractivity contribution in [3.8, 4) is 0 Å². The zero-order chi connectivity index (χ0) is 20.5. The lowest BCUT2D eigenvalue weighted by molar-refractivity contribution is -0.192. The SMILES string of the molecule is Cc1cccc2c1CN(C(=O)c1cnn(C3CNC3)c1)C2.O=C(O)C(F)(F)F. The number of benzene rings is 1. The second kappa shape index (κ2) is 7.63. The molecular weight excluding hydrogens is 377 g/mol. The number of amides is 1. The Morgan fingerprint density at radius 3 is 2.46 bits per heavy atom. The van der Waals surface area contributed by atoms with Gasteiger partial charge in [-0.05, 0) is 23.6 Å². The van der Waals surface area contributed by atoms with E-state index in [1.165, 1.54) is 16.7 Å². The van der Waals surface area contributed by atoms with E-state index in [0.29, 0.717) is 24.7 Å². The molecule has 1 amide bonds. The lowest BCUT2D eigenvalue weighted by Crippen LogP contribution is -2.43. The summed E-state index contributed by atoms with van der Waals surface area (Å²) >= 11 is 0. The summed E-state index contributed by atoms with van der Waals surface area (Å²) < 4.78 is 33.6. The van der Waals surface area contributed by atoms with Crippen molar-refractivity contribution in [3.05, 3.63) is 52.8 Å². The number of aliphatic carboxylic acids is 1. The lowest BCUT2D eigenvalue weighted by atomic mass is 10.1. The van der Waals surface area contributed by atoms with Gasteiger partial charge in [-0.2, -0.15) is 18.3 Å². The maximum Gasteiger partial charge on any atom is 0.490 e. The maximum atomic E-state index is 12.6.